The molecule has 2 aromatic rings. The van der Waals surface area contributed by atoms with E-state index in [1.54, 1.807) is 0 Å². The highest BCUT2D eigenvalue weighted by Gasteiger charge is 2.13. The number of aromatic nitrogens is 2. The number of hydrogen-bond acceptors (Lipinski definition) is 2. The minimum Gasteiger partial charge on any atom is -0.487 e. The third-order valence-electron chi connectivity index (χ3n) is 3.69. The Morgan fingerprint density at radius 1 is 1.35 bits per heavy atom. The van der Waals surface area contributed by atoms with Gasteiger partial charge in [0, 0.05) is 7.05 Å². The zero-order valence-corrected chi connectivity index (χ0v) is 14.1. The highest BCUT2D eigenvalue weighted by atomic mass is 79.9. The number of halogens is 1. The summed E-state index contributed by atoms with van der Waals surface area (Å²) >= 11 is 3.57. The maximum atomic E-state index is 6.03. The van der Waals surface area contributed by atoms with Gasteiger partial charge in [0.1, 0.15) is 12.4 Å². The van der Waals surface area contributed by atoms with E-state index in [1.807, 2.05) is 30.8 Å². The van der Waals surface area contributed by atoms with E-state index in [-0.39, 0.29) is 0 Å². The van der Waals surface area contributed by atoms with Crippen molar-refractivity contribution in [2.24, 2.45) is 7.05 Å². The average molecular weight is 337 g/mol. The molecule has 1 heterocycles. The summed E-state index contributed by atoms with van der Waals surface area (Å²) in [7, 11) is 1.94. The first-order valence-electron chi connectivity index (χ1n) is 6.94. The second-order valence-electron chi connectivity index (χ2n) is 5.11. The molecular formula is C16H21BrN2O. The predicted octanol–water partition coefficient (Wildman–Crippen LogP) is 4.58. The van der Waals surface area contributed by atoms with Gasteiger partial charge in [-0.2, -0.15) is 5.10 Å². The molecule has 0 N–H and O–H groups in total. The van der Waals surface area contributed by atoms with Crippen molar-refractivity contribution < 1.29 is 4.74 Å². The van der Waals surface area contributed by atoms with Crippen LogP contribution in [0.25, 0.3) is 0 Å². The lowest BCUT2D eigenvalue weighted by molar-refractivity contribution is 0.289. The summed E-state index contributed by atoms with van der Waals surface area (Å²) in [5.41, 5.74) is 3.31. The van der Waals surface area contributed by atoms with Crippen molar-refractivity contribution in [3.05, 3.63) is 45.7 Å². The van der Waals surface area contributed by atoms with Crippen molar-refractivity contribution in [3.8, 4) is 5.75 Å². The Morgan fingerprint density at radius 2 is 2.05 bits per heavy atom. The normalized spacial score (nSPS) is 12.4. The van der Waals surface area contributed by atoms with Crippen molar-refractivity contribution in [1.82, 2.24) is 9.78 Å². The van der Waals surface area contributed by atoms with Gasteiger partial charge in [0.25, 0.3) is 0 Å². The first-order chi connectivity index (χ1) is 9.54. The van der Waals surface area contributed by atoms with Gasteiger partial charge in [-0.15, -0.1) is 0 Å². The summed E-state index contributed by atoms with van der Waals surface area (Å²) in [6.45, 7) is 6.93. The van der Waals surface area contributed by atoms with Crippen LogP contribution in [0.5, 0.6) is 5.75 Å². The molecule has 1 unspecified atom stereocenters. The number of para-hydroxylation sites is 1. The fourth-order valence-electron chi connectivity index (χ4n) is 2.22. The largest absolute Gasteiger partial charge is 0.487 e. The van der Waals surface area contributed by atoms with Crippen molar-refractivity contribution in [2.75, 3.05) is 0 Å². The van der Waals surface area contributed by atoms with Crippen LogP contribution in [-0.2, 0) is 13.7 Å². The van der Waals surface area contributed by atoms with E-state index < -0.39 is 0 Å². The van der Waals surface area contributed by atoms with E-state index in [2.05, 4.69) is 47.0 Å². The minimum atomic E-state index is 0.503. The molecule has 0 bridgehead atoms. The quantitative estimate of drug-likeness (QED) is 0.798. The van der Waals surface area contributed by atoms with E-state index in [4.69, 9.17) is 4.74 Å². The Labute approximate surface area is 129 Å². The van der Waals surface area contributed by atoms with Gasteiger partial charge in [0.2, 0.25) is 0 Å². The third-order valence-corrected chi connectivity index (χ3v) is 4.72. The number of rotatable bonds is 5. The molecule has 4 heteroatoms. The Morgan fingerprint density at radius 3 is 2.65 bits per heavy atom. The number of benzene rings is 1. The average Bonchev–Trinajstić information content (AvgIpc) is 2.70. The molecule has 0 fully saturated rings. The van der Waals surface area contributed by atoms with Gasteiger partial charge in [-0.3, -0.25) is 4.68 Å². The van der Waals surface area contributed by atoms with Crippen molar-refractivity contribution >= 4 is 15.9 Å². The molecule has 2 rings (SSSR count). The van der Waals surface area contributed by atoms with E-state index >= 15 is 0 Å². The maximum absolute atomic E-state index is 6.03. The third kappa shape index (κ3) is 3.06. The molecule has 1 atom stereocenters. The molecule has 0 aliphatic heterocycles. The lowest BCUT2D eigenvalue weighted by atomic mass is 9.98. The van der Waals surface area contributed by atoms with Crippen LogP contribution in [0.2, 0.25) is 0 Å². The van der Waals surface area contributed by atoms with Crippen LogP contribution in [0.15, 0.2) is 28.7 Å². The molecule has 0 saturated heterocycles. The van der Waals surface area contributed by atoms with Crippen molar-refractivity contribution in [2.45, 2.75) is 39.7 Å². The molecule has 0 amide bonds. The molecule has 1 aromatic carbocycles. The summed E-state index contributed by atoms with van der Waals surface area (Å²) in [5.74, 6) is 1.47. The fourth-order valence-corrected chi connectivity index (χ4v) is 2.67. The van der Waals surface area contributed by atoms with Crippen molar-refractivity contribution in [3.63, 3.8) is 0 Å². The van der Waals surface area contributed by atoms with Crippen LogP contribution in [0, 0.1) is 6.92 Å². The summed E-state index contributed by atoms with van der Waals surface area (Å²) in [6.07, 6.45) is 1.11. The van der Waals surface area contributed by atoms with Gasteiger partial charge in [-0.1, -0.05) is 32.0 Å². The molecule has 0 saturated carbocycles. The Bertz CT molecular complexity index is 592. The van der Waals surface area contributed by atoms with E-state index in [0.717, 1.165) is 28.0 Å². The molecule has 0 aliphatic carbocycles. The molecule has 0 radical (unpaired) electrons. The highest BCUT2D eigenvalue weighted by Crippen LogP contribution is 2.30. The van der Waals surface area contributed by atoms with E-state index in [9.17, 15) is 0 Å². The zero-order chi connectivity index (χ0) is 14.7. The van der Waals surface area contributed by atoms with E-state index in [0.29, 0.717) is 12.5 Å². The summed E-state index contributed by atoms with van der Waals surface area (Å²) in [5, 5.41) is 4.39. The lowest BCUT2D eigenvalue weighted by Crippen LogP contribution is -2.05. The van der Waals surface area contributed by atoms with Crippen LogP contribution in [0.3, 0.4) is 0 Å². The van der Waals surface area contributed by atoms with Gasteiger partial charge >= 0.3 is 0 Å². The maximum Gasteiger partial charge on any atom is 0.131 e. The minimum absolute atomic E-state index is 0.503. The molecule has 1 aromatic heterocycles. The first-order valence-corrected chi connectivity index (χ1v) is 7.73. The topological polar surface area (TPSA) is 27.1 Å². The van der Waals surface area contributed by atoms with E-state index in [1.165, 1.54) is 5.56 Å². The Hall–Kier alpha value is -1.29. The summed E-state index contributed by atoms with van der Waals surface area (Å²) < 4.78 is 8.93. The smallest absolute Gasteiger partial charge is 0.131 e. The zero-order valence-electron chi connectivity index (χ0n) is 12.5. The van der Waals surface area contributed by atoms with Crippen LogP contribution in [-0.4, -0.2) is 9.78 Å². The van der Waals surface area contributed by atoms with Gasteiger partial charge in [-0.25, -0.2) is 0 Å². The molecule has 0 spiro atoms. The fraction of sp³-hybridized carbons (Fsp3) is 0.438. The van der Waals surface area contributed by atoms with Crippen LogP contribution in [0.1, 0.15) is 43.1 Å². The first kappa shape index (κ1) is 15.1. The Kier molecular flexibility index (Phi) is 4.86. The van der Waals surface area contributed by atoms with Crippen molar-refractivity contribution in [1.29, 1.82) is 0 Å². The monoisotopic (exact) mass is 336 g/mol. The number of nitrogens with zero attached hydrogens (tertiary/aromatic N) is 2. The van der Waals surface area contributed by atoms with Gasteiger partial charge in [0.15, 0.2) is 0 Å². The second kappa shape index (κ2) is 6.44. The van der Waals surface area contributed by atoms with Crippen LogP contribution < -0.4 is 4.74 Å². The SMILES string of the molecule is CCC(C)c1ccccc1OCc1c(Br)c(C)nn1C. The highest BCUT2D eigenvalue weighted by molar-refractivity contribution is 9.10. The van der Waals surface area contributed by atoms with Gasteiger partial charge in [-0.05, 0) is 46.8 Å². The molecule has 3 nitrogen and oxygen atoms in total. The number of aryl methyl sites for hydroxylation is 2. The van der Waals surface area contributed by atoms with Crippen LogP contribution in [0.4, 0.5) is 0 Å². The van der Waals surface area contributed by atoms with Gasteiger partial charge in [0.05, 0.1) is 15.9 Å². The standard InChI is InChI=1S/C16H21BrN2O/c1-5-11(2)13-8-6-7-9-15(13)20-10-14-16(17)12(3)18-19(14)4/h6-9,11H,5,10H2,1-4H3. The van der Waals surface area contributed by atoms with Gasteiger partial charge < -0.3 is 4.74 Å². The molecule has 108 valence electrons. The summed E-state index contributed by atoms with van der Waals surface area (Å²) in [4.78, 5) is 0. The number of ether oxygens (including phenoxy) is 1. The molecule has 20 heavy (non-hydrogen) atoms. The second-order valence-corrected chi connectivity index (χ2v) is 5.90. The predicted molar refractivity (Wildman–Crippen MR) is 85.1 cm³/mol. The molecule has 0 aliphatic rings. The number of hydrogen-bond donors (Lipinski definition) is 0. The van der Waals surface area contributed by atoms with Crippen LogP contribution >= 0.6 is 15.9 Å². The molecular weight excluding hydrogens is 316 g/mol. The summed E-state index contributed by atoms with van der Waals surface area (Å²) in [6, 6.07) is 8.27. The Balaban J connectivity index is 2.19. The lowest BCUT2D eigenvalue weighted by Gasteiger charge is -2.15.